The number of amides is 1. The van der Waals surface area contributed by atoms with Crippen molar-refractivity contribution in [2.45, 2.75) is 26.2 Å². The monoisotopic (exact) mass is 266 g/mol. The van der Waals surface area contributed by atoms with Crippen LogP contribution in [0.3, 0.4) is 0 Å². The van der Waals surface area contributed by atoms with Crippen molar-refractivity contribution < 1.29 is 4.79 Å². The quantitative estimate of drug-likeness (QED) is 0.756. The van der Waals surface area contributed by atoms with Gasteiger partial charge in [-0.05, 0) is 49.1 Å². The Morgan fingerprint density at radius 3 is 3.06 bits per heavy atom. The zero-order valence-electron chi connectivity index (χ0n) is 10.9. The molecule has 4 heteroatoms. The van der Waals surface area contributed by atoms with E-state index < -0.39 is 0 Å². The lowest BCUT2D eigenvalue weighted by Gasteiger charge is -2.12. The van der Waals surface area contributed by atoms with Gasteiger partial charge in [0.25, 0.3) is 0 Å². The lowest BCUT2D eigenvalue weighted by Crippen LogP contribution is -2.37. The molecule has 2 rings (SSSR count). The molecule has 100 valence electrons. The molecular formula is C14H22N2OS. The van der Waals surface area contributed by atoms with Gasteiger partial charge in [-0.3, -0.25) is 4.79 Å². The molecule has 0 aliphatic heterocycles. The topological polar surface area (TPSA) is 41.1 Å². The van der Waals surface area contributed by atoms with Crippen LogP contribution in [0.15, 0.2) is 17.5 Å². The normalized spacial score (nSPS) is 16.5. The van der Waals surface area contributed by atoms with Crippen molar-refractivity contribution in [3.8, 4) is 0 Å². The SMILES string of the molecule is CC(CNC(=O)CNCC1CC1)Cc1cccs1. The number of nitrogens with one attached hydrogen (secondary N) is 2. The fourth-order valence-electron chi connectivity index (χ4n) is 1.91. The van der Waals surface area contributed by atoms with Gasteiger partial charge in [-0.2, -0.15) is 0 Å². The van der Waals surface area contributed by atoms with Gasteiger partial charge in [-0.1, -0.05) is 13.0 Å². The van der Waals surface area contributed by atoms with Gasteiger partial charge in [0.15, 0.2) is 0 Å². The van der Waals surface area contributed by atoms with Crippen LogP contribution in [0.2, 0.25) is 0 Å². The number of hydrogen-bond donors (Lipinski definition) is 2. The maximum absolute atomic E-state index is 11.6. The Labute approximate surface area is 113 Å². The smallest absolute Gasteiger partial charge is 0.233 e. The molecule has 1 fully saturated rings. The summed E-state index contributed by atoms with van der Waals surface area (Å²) in [4.78, 5) is 13.0. The predicted octanol–water partition coefficient (Wildman–Crippen LogP) is 2.04. The van der Waals surface area contributed by atoms with Crippen LogP contribution in [-0.2, 0) is 11.2 Å². The summed E-state index contributed by atoms with van der Waals surface area (Å²) in [6.07, 6.45) is 3.70. The van der Waals surface area contributed by atoms with E-state index in [0.717, 1.165) is 25.4 Å². The third-order valence-corrected chi connectivity index (χ3v) is 4.09. The van der Waals surface area contributed by atoms with Crippen LogP contribution in [-0.4, -0.2) is 25.5 Å². The highest BCUT2D eigenvalue weighted by molar-refractivity contribution is 7.09. The Morgan fingerprint density at radius 1 is 1.56 bits per heavy atom. The predicted molar refractivity (Wildman–Crippen MR) is 75.8 cm³/mol. The third kappa shape index (κ3) is 5.19. The molecule has 0 aromatic carbocycles. The van der Waals surface area contributed by atoms with Crippen LogP contribution in [0.5, 0.6) is 0 Å². The molecule has 1 heterocycles. The molecule has 1 aliphatic carbocycles. The minimum absolute atomic E-state index is 0.119. The number of rotatable bonds is 8. The van der Waals surface area contributed by atoms with Gasteiger partial charge in [-0.15, -0.1) is 11.3 Å². The number of hydrogen-bond acceptors (Lipinski definition) is 3. The molecule has 1 unspecified atom stereocenters. The minimum Gasteiger partial charge on any atom is -0.355 e. The average Bonchev–Trinajstić information content (AvgIpc) is 3.03. The molecule has 1 aromatic heterocycles. The lowest BCUT2D eigenvalue weighted by atomic mass is 10.1. The van der Waals surface area contributed by atoms with Crippen molar-refractivity contribution in [2.75, 3.05) is 19.6 Å². The van der Waals surface area contributed by atoms with Gasteiger partial charge in [0.2, 0.25) is 5.91 Å². The van der Waals surface area contributed by atoms with Crippen molar-refractivity contribution in [1.82, 2.24) is 10.6 Å². The number of carbonyl (C=O) groups excluding carboxylic acids is 1. The van der Waals surface area contributed by atoms with Gasteiger partial charge < -0.3 is 10.6 Å². The second-order valence-electron chi connectivity index (χ2n) is 5.27. The fourth-order valence-corrected chi connectivity index (χ4v) is 2.78. The molecule has 1 saturated carbocycles. The van der Waals surface area contributed by atoms with E-state index in [4.69, 9.17) is 0 Å². The Hall–Kier alpha value is -0.870. The van der Waals surface area contributed by atoms with Crippen LogP contribution in [0.1, 0.15) is 24.6 Å². The summed E-state index contributed by atoms with van der Waals surface area (Å²) in [5, 5.41) is 8.30. The molecule has 1 amide bonds. The standard InChI is InChI=1S/C14H22N2OS/c1-11(7-13-3-2-6-18-13)8-16-14(17)10-15-9-12-4-5-12/h2-3,6,11-12,15H,4-5,7-10H2,1H3,(H,16,17). The van der Waals surface area contributed by atoms with E-state index in [2.05, 4.69) is 35.1 Å². The maximum atomic E-state index is 11.6. The van der Waals surface area contributed by atoms with E-state index in [-0.39, 0.29) is 5.91 Å². The molecule has 0 saturated heterocycles. The average molecular weight is 266 g/mol. The van der Waals surface area contributed by atoms with E-state index in [9.17, 15) is 4.79 Å². The highest BCUT2D eigenvalue weighted by Crippen LogP contribution is 2.27. The molecule has 1 aliphatic rings. The van der Waals surface area contributed by atoms with Crippen LogP contribution in [0, 0.1) is 11.8 Å². The lowest BCUT2D eigenvalue weighted by molar-refractivity contribution is -0.120. The summed E-state index contributed by atoms with van der Waals surface area (Å²) in [6.45, 7) is 4.40. The summed E-state index contributed by atoms with van der Waals surface area (Å²) in [7, 11) is 0. The summed E-state index contributed by atoms with van der Waals surface area (Å²) in [5.74, 6) is 1.44. The molecule has 2 N–H and O–H groups in total. The second kappa shape index (κ2) is 6.90. The van der Waals surface area contributed by atoms with Gasteiger partial charge in [0.05, 0.1) is 6.54 Å². The van der Waals surface area contributed by atoms with Crippen LogP contribution >= 0.6 is 11.3 Å². The molecule has 18 heavy (non-hydrogen) atoms. The first-order valence-corrected chi connectivity index (χ1v) is 7.62. The molecule has 0 radical (unpaired) electrons. The first-order valence-electron chi connectivity index (χ1n) is 6.74. The van der Waals surface area contributed by atoms with Crippen molar-refractivity contribution in [3.63, 3.8) is 0 Å². The zero-order valence-corrected chi connectivity index (χ0v) is 11.8. The van der Waals surface area contributed by atoms with E-state index in [1.54, 1.807) is 11.3 Å². The van der Waals surface area contributed by atoms with E-state index in [0.29, 0.717) is 12.5 Å². The van der Waals surface area contributed by atoms with Gasteiger partial charge in [0, 0.05) is 11.4 Å². The molecule has 3 nitrogen and oxygen atoms in total. The van der Waals surface area contributed by atoms with Gasteiger partial charge >= 0.3 is 0 Å². The Balaban J connectivity index is 1.53. The number of carbonyl (C=O) groups is 1. The zero-order chi connectivity index (χ0) is 12.8. The summed E-state index contributed by atoms with van der Waals surface area (Å²) in [6, 6.07) is 4.23. The van der Waals surface area contributed by atoms with Crippen molar-refractivity contribution in [3.05, 3.63) is 22.4 Å². The first kappa shape index (κ1) is 13.6. The summed E-state index contributed by atoms with van der Waals surface area (Å²) >= 11 is 1.78. The van der Waals surface area contributed by atoms with Crippen LogP contribution in [0.4, 0.5) is 0 Å². The van der Waals surface area contributed by atoms with Gasteiger partial charge in [0.1, 0.15) is 0 Å². The fraction of sp³-hybridized carbons (Fsp3) is 0.643. The summed E-state index contributed by atoms with van der Waals surface area (Å²) < 4.78 is 0. The largest absolute Gasteiger partial charge is 0.355 e. The molecule has 0 bridgehead atoms. The Morgan fingerprint density at radius 2 is 2.39 bits per heavy atom. The minimum atomic E-state index is 0.119. The van der Waals surface area contributed by atoms with Crippen molar-refractivity contribution in [1.29, 1.82) is 0 Å². The number of thiophene rings is 1. The highest BCUT2D eigenvalue weighted by atomic mass is 32.1. The van der Waals surface area contributed by atoms with E-state index >= 15 is 0 Å². The van der Waals surface area contributed by atoms with Crippen molar-refractivity contribution >= 4 is 17.2 Å². The second-order valence-corrected chi connectivity index (χ2v) is 6.30. The highest BCUT2D eigenvalue weighted by Gasteiger charge is 2.20. The third-order valence-electron chi connectivity index (χ3n) is 3.19. The van der Waals surface area contributed by atoms with Crippen LogP contribution in [0.25, 0.3) is 0 Å². The van der Waals surface area contributed by atoms with Gasteiger partial charge in [-0.25, -0.2) is 0 Å². The first-order chi connectivity index (χ1) is 8.74. The Bertz CT molecular complexity index is 360. The molecular weight excluding hydrogens is 244 g/mol. The molecule has 0 spiro atoms. The molecule has 1 aromatic rings. The van der Waals surface area contributed by atoms with E-state index in [1.165, 1.54) is 17.7 Å². The maximum Gasteiger partial charge on any atom is 0.233 e. The molecule has 1 atom stereocenters. The summed E-state index contributed by atoms with van der Waals surface area (Å²) in [5.41, 5.74) is 0. The van der Waals surface area contributed by atoms with E-state index in [1.807, 2.05) is 0 Å². The van der Waals surface area contributed by atoms with Crippen LogP contribution < -0.4 is 10.6 Å². The Kier molecular flexibility index (Phi) is 5.20. The van der Waals surface area contributed by atoms with Crippen molar-refractivity contribution in [2.24, 2.45) is 11.8 Å².